The zero-order chi connectivity index (χ0) is 9.68. The summed E-state index contributed by atoms with van der Waals surface area (Å²) in [7, 11) is 0. The highest BCUT2D eigenvalue weighted by molar-refractivity contribution is 4.87. The maximum absolute atomic E-state index is 8.71. The van der Waals surface area contributed by atoms with E-state index in [-0.39, 0.29) is 6.61 Å². The van der Waals surface area contributed by atoms with Crippen molar-refractivity contribution in [2.75, 3.05) is 13.2 Å². The minimum absolute atomic E-state index is 0.274. The largest absolute Gasteiger partial charge is 0.396 e. The number of hydrogen-bond donors (Lipinski definition) is 2. The van der Waals surface area contributed by atoms with Crippen LogP contribution in [0.3, 0.4) is 0 Å². The van der Waals surface area contributed by atoms with Crippen LogP contribution in [0.1, 0.15) is 33.1 Å². The summed E-state index contributed by atoms with van der Waals surface area (Å²) in [6.45, 7) is 5.25. The van der Waals surface area contributed by atoms with Crippen LogP contribution in [0.25, 0.3) is 0 Å². The summed E-state index contributed by atoms with van der Waals surface area (Å²) in [6.07, 6.45) is 3.58. The van der Waals surface area contributed by atoms with Crippen LogP contribution in [0.5, 0.6) is 0 Å². The Kier molecular flexibility index (Phi) is 4.70. The van der Waals surface area contributed by atoms with E-state index in [1.807, 2.05) is 6.92 Å². The molecule has 0 saturated heterocycles. The van der Waals surface area contributed by atoms with Gasteiger partial charge in [0.2, 0.25) is 0 Å². The monoisotopic (exact) mass is 187 g/mol. The molecule has 1 saturated carbocycles. The molecule has 0 amide bonds. The lowest BCUT2D eigenvalue weighted by Crippen LogP contribution is -2.48. The number of hydrogen-bond acceptors (Lipinski definition) is 3. The fourth-order valence-corrected chi connectivity index (χ4v) is 1.75. The lowest BCUT2D eigenvalue weighted by Gasteiger charge is -2.37. The molecule has 1 aliphatic rings. The van der Waals surface area contributed by atoms with Gasteiger partial charge in [0.15, 0.2) is 0 Å². The van der Waals surface area contributed by atoms with Gasteiger partial charge in [-0.25, -0.2) is 0 Å². The minimum Gasteiger partial charge on any atom is -0.396 e. The standard InChI is InChI=1S/C10H21NO2/c1-3-13-10-6-9(7-10)11-8(2)4-5-12/h8-12H,3-7H2,1-2H3. The summed E-state index contributed by atoms with van der Waals surface area (Å²) < 4.78 is 5.46. The first-order chi connectivity index (χ1) is 6.26. The number of aliphatic hydroxyl groups excluding tert-OH is 1. The topological polar surface area (TPSA) is 41.5 Å². The van der Waals surface area contributed by atoms with Crippen LogP contribution in [0.4, 0.5) is 0 Å². The van der Waals surface area contributed by atoms with Crippen LogP contribution in [0.15, 0.2) is 0 Å². The van der Waals surface area contributed by atoms with Gasteiger partial charge in [0.25, 0.3) is 0 Å². The van der Waals surface area contributed by atoms with E-state index in [4.69, 9.17) is 9.84 Å². The Morgan fingerprint density at radius 3 is 2.77 bits per heavy atom. The molecule has 2 N–H and O–H groups in total. The van der Waals surface area contributed by atoms with Crippen molar-refractivity contribution in [1.82, 2.24) is 5.32 Å². The second-order valence-corrected chi connectivity index (χ2v) is 3.83. The maximum atomic E-state index is 8.71. The fraction of sp³-hybridized carbons (Fsp3) is 1.00. The summed E-state index contributed by atoms with van der Waals surface area (Å²) in [5, 5.41) is 12.2. The fourth-order valence-electron chi connectivity index (χ4n) is 1.75. The van der Waals surface area contributed by atoms with Gasteiger partial charge >= 0.3 is 0 Å². The average molecular weight is 187 g/mol. The molecule has 78 valence electrons. The predicted octanol–water partition coefficient (Wildman–Crippen LogP) is 0.914. The van der Waals surface area contributed by atoms with E-state index in [0.29, 0.717) is 18.2 Å². The first-order valence-electron chi connectivity index (χ1n) is 5.24. The number of aliphatic hydroxyl groups is 1. The third-order valence-corrected chi connectivity index (χ3v) is 2.58. The Morgan fingerprint density at radius 2 is 2.23 bits per heavy atom. The van der Waals surface area contributed by atoms with Crippen molar-refractivity contribution in [3.63, 3.8) is 0 Å². The van der Waals surface area contributed by atoms with Crippen molar-refractivity contribution in [2.24, 2.45) is 0 Å². The molecule has 0 aromatic carbocycles. The molecule has 0 aromatic heterocycles. The molecule has 1 fully saturated rings. The zero-order valence-corrected chi connectivity index (χ0v) is 8.62. The van der Waals surface area contributed by atoms with Crippen LogP contribution < -0.4 is 5.32 Å². The maximum Gasteiger partial charge on any atom is 0.0604 e. The molecule has 1 aliphatic carbocycles. The molecular formula is C10H21NO2. The van der Waals surface area contributed by atoms with Gasteiger partial charge in [-0.1, -0.05) is 0 Å². The smallest absolute Gasteiger partial charge is 0.0604 e. The van der Waals surface area contributed by atoms with Crippen molar-refractivity contribution in [3.8, 4) is 0 Å². The highest BCUT2D eigenvalue weighted by Gasteiger charge is 2.29. The van der Waals surface area contributed by atoms with E-state index >= 15 is 0 Å². The molecule has 0 bridgehead atoms. The molecule has 0 heterocycles. The number of nitrogens with one attached hydrogen (secondary N) is 1. The second kappa shape index (κ2) is 5.58. The van der Waals surface area contributed by atoms with Crippen LogP contribution >= 0.6 is 0 Å². The van der Waals surface area contributed by atoms with Gasteiger partial charge in [-0.15, -0.1) is 0 Å². The Bertz CT molecular complexity index is 135. The van der Waals surface area contributed by atoms with Crippen LogP contribution in [0, 0.1) is 0 Å². The van der Waals surface area contributed by atoms with Gasteiger partial charge in [-0.05, 0) is 33.1 Å². The molecule has 0 spiro atoms. The van der Waals surface area contributed by atoms with Gasteiger partial charge in [0.1, 0.15) is 0 Å². The lowest BCUT2D eigenvalue weighted by molar-refractivity contribution is -0.0124. The summed E-state index contributed by atoms with van der Waals surface area (Å²) >= 11 is 0. The van der Waals surface area contributed by atoms with E-state index < -0.39 is 0 Å². The van der Waals surface area contributed by atoms with Crippen molar-refractivity contribution in [2.45, 2.75) is 51.3 Å². The third-order valence-electron chi connectivity index (χ3n) is 2.58. The van der Waals surface area contributed by atoms with E-state index in [0.717, 1.165) is 25.9 Å². The Balaban J connectivity index is 2.00. The van der Waals surface area contributed by atoms with E-state index in [1.165, 1.54) is 0 Å². The van der Waals surface area contributed by atoms with Crippen LogP contribution in [0.2, 0.25) is 0 Å². The SMILES string of the molecule is CCOC1CC(NC(C)CCO)C1. The molecule has 3 nitrogen and oxygen atoms in total. The summed E-state index contributed by atoms with van der Waals surface area (Å²) in [5.74, 6) is 0. The number of ether oxygens (including phenoxy) is 1. The molecule has 1 rings (SSSR count). The van der Waals surface area contributed by atoms with Crippen molar-refractivity contribution in [1.29, 1.82) is 0 Å². The van der Waals surface area contributed by atoms with Crippen LogP contribution in [-0.2, 0) is 4.74 Å². The normalized spacial score (nSPS) is 29.8. The predicted molar refractivity (Wildman–Crippen MR) is 52.7 cm³/mol. The summed E-state index contributed by atoms with van der Waals surface area (Å²) in [5.41, 5.74) is 0. The van der Waals surface area contributed by atoms with E-state index in [2.05, 4.69) is 12.2 Å². The van der Waals surface area contributed by atoms with E-state index in [1.54, 1.807) is 0 Å². The quantitative estimate of drug-likeness (QED) is 0.649. The molecule has 13 heavy (non-hydrogen) atoms. The molecule has 0 aromatic rings. The zero-order valence-electron chi connectivity index (χ0n) is 8.62. The van der Waals surface area contributed by atoms with Gasteiger partial charge in [0.05, 0.1) is 6.10 Å². The molecule has 1 unspecified atom stereocenters. The molecular weight excluding hydrogens is 166 g/mol. The van der Waals surface area contributed by atoms with Gasteiger partial charge in [-0.2, -0.15) is 0 Å². The Hall–Kier alpha value is -0.120. The van der Waals surface area contributed by atoms with Gasteiger partial charge < -0.3 is 15.2 Å². The average Bonchev–Trinajstić information content (AvgIpc) is 2.01. The van der Waals surface area contributed by atoms with Crippen molar-refractivity contribution < 1.29 is 9.84 Å². The Labute approximate surface area is 80.5 Å². The third kappa shape index (κ3) is 3.63. The van der Waals surface area contributed by atoms with Crippen molar-refractivity contribution in [3.05, 3.63) is 0 Å². The van der Waals surface area contributed by atoms with Gasteiger partial charge in [-0.3, -0.25) is 0 Å². The molecule has 0 radical (unpaired) electrons. The summed E-state index contributed by atoms with van der Waals surface area (Å²) in [4.78, 5) is 0. The molecule has 3 heteroatoms. The van der Waals surface area contributed by atoms with Crippen molar-refractivity contribution >= 4 is 0 Å². The highest BCUT2D eigenvalue weighted by Crippen LogP contribution is 2.23. The minimum atomic E-state index is 0.274. The van der Waals surface area contributed by atoms with E-state index in [9.17, 15) is 0 Å². The highest BCUT2D eigenvalue weighted by atomic mass is 16.5. The number of rotatable bonds is 6. The summed E-state index contributed by atoms with van der Waals surface area (Å²) in [6, 6.07) is 1.04. The van der Waals surface area contributed by atoms with Crippen LogP contribution in [-0.4, -0.2) is 36.5 Å². The molecule has 0 aliphatic heterocycles. The first kappa shape index (κ1) is 11.0. The molecule has 1 atom stereocenters. The lowest BCUT2D eigenvalue weighted by atomic mass is 9.88. The van der Waals surface area contributed by atoms with Gasteiger partial charge in [0, 0.05) is 25.3 Å². The second-order valence-electron chi connectivity index (χ2n) is 3.83. The Morgan fingerprint density at radius 1 is 1.54 bits per heavy atom. The first-order valence-corrected chi connectivity index (χ1v) is 5.24.